The van der Waals surface area contributed by atoms with Gasteiger partial charge in [0, 0.05) is 23.5 Å². The number of nitrogens with zero attached hydrogens (tertiary/aromatic N) is 1. The molecule has 0 bridgehead atoms. The molecule has 0 unspecified atom stereocenters. The number of rotatable bonds is 4. The Morgan fingerprint density at radius 3 is 2.79 bits per heavy atom. The zero-order valence-electron chi connectivity index (χ0n) is 10.6. The first kappa shape index (κ1) is 13.4. The maximum Gasteiger partial charge on any atom is 0.337 e. The van der Waals surface area contributed by atoms with Gasteiger partial charge >= 0.3 is 5.97 Å². The van der Waals surface area contributed by atoms with E-state index in [9.17, 15) is 4.79 Å². The number of hydrogen-bond acceptors (Lipinski definition) is 3. The van der Waals surface area contributed by atoms with Gasteiger partial charge in [0.05, 0.1) is 16.3 Å². The van der Waals surface area contributed by atoms with Gasteiger partial charge < -0.3 is 10.4 Å². The van der Waals surface area contributed by atoms with Crippen LogP contribution in [0.15, 0.2) is 18.2 Å². The van der Waals surface area contributed by atoms with Crippen LogP contribution >= 0.6 is 11.6 Å². The molecule has 0 saturated carbocycles. The number of H-pyrrole nitrogens is 1. The molecule has 100 valence electrons. The Hall–Kier alpha value is -2.01. The lowest BCUT2D eigenvalue weighted by Crippen LogP contribution is -2.04. The van der Waals surface area contributed by atoms with Gasteiger partial charge in [-0.25, -0.2) is 4.79 Å². The minimum atomic E-state index is -1.04. The van der Waals surface area contributed by atoms with Crippen LogP contribution in [0.2, 0.25) is 5.02 Å². The van der Waals surface area contributed by atoms with Gasteiger partial charge in [-0.05, 0) is 32.0 Å². The first-order valence-electron chi connectivity index (χ1n) is 5.76. The van der Waals surface area contributed by atoms with Crippen LogP contribution in [-0.2, 0) is 6.54 Å². The number of aromatic nitrogens is 2. The molecule has 0 spiro atoms. The topological polar surface area (TPSA) is 78.0 Å². The molecule has 0 saturated heterocycles. The van der Waals surface area contributed by atoms with Crippen LogP contribution in [0.1, 0.15) is 27.3 Å². The largest absolute Gasteiger partial charge is 0.478 e. The summed E-state index contributed by atoms with van der Waals surface area (Å²) < 4.78 is 0. The third kappa shape index (κ3) is 2.88. The van der Waals surface area contributed by atoms with Crippen LogP contribution in [0.4, 0.5) is 5.69 Å². The summed E-state index contributed by atoms with van der Waals surface area (Å²) in [5.74, 6) is -1.04. The average Bonchev–Trinajstić information content (AvgIpc) is 2.68. The highest BCUT2D eigenvalue weighted by molar-refractivity contribution is 6.33. The van der Waals surface area contributed by atoms with Crippen molar-refractivity contribution in [1.82, 2.24) is 10.2 Å². The normalized spacial score (nSPS) is 10.5. The van der Waals surface area contributed by atoms with Crippen molar-refractivity contribution in [1.29, 1.82) is 0 Å². The Kier molecular flexibility index (Phi) is 3.76. The summed E-state index contributed by atoms with van der Waals surface area (Å²) >= 11 is 5.82. The van der Waals surface area contributed by atoms with E-state index >= 15 is 0 Å². The number of carbonyl (C=O) groups is 1. The Morgan fingerprint density at radius 1 is 1.47 bits per heavy atom. The predicted octanol–water partition coefficient (Wildman–Crippen LogP) is 2.99. The maximum absolute atomic E-state index is 11.0. The maximum atomic E-state index is 11.0. The second kappa shape index (κ2) is 5.32. The molecule has 1 aromatic heterocycles. The quantitative estimate of drug-likeness (QED) is 0.804. The summed E-state index contributed by atoms with van der Waals surface area (Å²) in [5.41, 5.74) is 3.80. The van der Waals surface area contributed by atoms with Crippen molar-refractivity contribution < 1.29 is 9.90 Å². The number of aryl methyl sites for hydroxylation is 2. The molecule has 1 heterocycles. The van der Waals surface area contributed by atoms with Gasteiger partial charge in [0.15, 0.2) is 0 Å². The summed E-state index contributed by atoms with van der Waals surface area (Å²) in [7, 11) is 0. The smallest absolute Gasteiger partial charge is 0.337 e. The van der Waals surface area contributed by atoms with E-state index < -0.39 is 5.97 Å². The molecule has 0 aliphatic heterocycles. The minimum absolute atomic E-state index is 0.0901. The molecular weight excluding hydrogens is 266 g/mol. The van der Waals surface area contributed by atoms with Crippen molar-refractivity contribution in [2.75, 3.05) is 5.32 Å². The van der Waals surface area contributed by atoms with Crippen molar-refractivity contribution >= 4 is 23.3 Å². The fourth-order valence-corrected chi connectivity index (χ4v) is 2.02. The number of carboxylic acids is 1. The van der Waals surface area contributed by atoms with Crippen molar-refractivity contribution in [2.45, 2.75) is 20.4 Å². The Labute approximate surface area is 115 Å². The van der Waals surface area contributed by atoms with Crippen molar-refractivity contribution in [2.24, 2.45) is 0 Å². The lowest BCUT2D eigenvalue weighted by molar-refractivity contribution is 0.0697. The number of benzene rings is 1. The SMILES string of the molecule is Cc1n[nH]c(C)c1CNc1ccc(Cl)c(C(=O)O)c1. The summed E-state index contributed by atoms with van der Waals surface area (Å²) in [6.07, 6.45) is 0. The van der Waals surface area contributed by atoms with Crippen molar-refractivity contribution in [3.05, 3.63) is 45.7 Å². The number of halogens is 1. The van der Waals surface area contributed by atoms with Crippen molar-refractivity contribution in [3.8, 4) is 0 Å². The number of aromatic amines is 1. The molecular formula is C13H14ClN3O2. The van der Waals surface area contributed by atoms with Crippen molar-refractivity contribution in [3.63, 3.8) is 0 Å². The number of anilines is 1. The van der Waals surface area contributed by atoms with Gasteiger partial charge in [0.2, 0.25) is 0 Å². The van der Waals surface area contributed by atoms with E-state index in [0.717, 1.165) is 17.0 Å². The molecule has 6 heteroatoms. The number of nitrogens with one attached hydrogen (secondary N) is 2. The van der Waals surface area contributed by atoms with E-state index in [1.54, 1.807) is 12.1 Å². The number of hydrogen-bond donors (Lipinski definition) is 3. The first-order valence-corrected chi connectivity index (χ1v) is 6.14. The van der Waals surface area contributed by atoms with E-state index in [-0.39, 0.29) is 10.6 Å². The molecule has 2 aromatic rings. The molecule has 3 N–H and O–H groups in total. The van der Waals surface area contributed by atoms with Crippen LogP contribution < -0.4 is 5.32 Å². The fourth-order valence-electron chi connectivity index (χ4n) is 1.82. The summed E-state index contributed by atoms with van der Waals surface area (Å²) in [5, 5.41) is 19.4. The summed E-state index contributed by atoms with van der Waals surface area (Å²) in [6.45, 7) is 4.45. The second-order valence-corrected chi connectivity index (χ2v) is 4.67. The Bertz CT molecular complexity index is 603. The lowest BCUT2D eigenvalue weighted by Gasteiger charge is -2.08. The molecule has 2 rings (SSSR count). The average molecular weight is 280 g/mol. The monoisotopic (exact) mass is 279 g/mol. The summed E-state index contributed by atoms with van der Waals surface area (Å²) in [4.78, 5) is 11.0. The highest BCUT2D eigenvalue weighted by atomic mass is 35.5. The second-order valence-electron chi connectivity index (χ2n) is 4.27. The molecule has 1 aromatic carbocycles. The van der Waals surface area contributed by atoms with Crippen LogP contribution in [0.5, 0.6) is 0 Å². The fraction of sp³-hybridized carbons (Fsp3) is 0.231. The summed E-state index contributed by atoms with van der Waals surface area (Å²) in [6, 6.07) is 4.84. The van der Waals surface area contributed by atoms with E-state index in [2.05, 4.69) is 15.5 Å². The van der Waals surface area contributed by atoms with Crippen LogP contribution in [0.3, 0.4) is 0 Å². The third-order valence-electron chi connectivity index (χ3n) is 2.95. The van der Waals surface area contributed by atoms with Gasteiger partial charge in [-0.2, -0.15) is 5.10 Å². The zero-order valence-corrected chi connectivity index (χ0v) is 11.4. The molecule has 0 aliphatic rings. The molecule has 0 aliphatic carbocycles. The van der Waals surface area contributed by atoms with Gasteiger partial charge in [0.25, 0.3) is 0 Å². The molecule has 19 heavy (non-hydrogen) atoms. The van der Waals surface area contributed by atoms with Crippen LogP contribution in [-0.4, -0.2) is 21.3 Å². The molecule has 0 fully saturated rings. The van der Waals surface area contributed by atoms with Gasteiger partial charge in [0.1, 0.15) is 0 Å². The van der Waals surface area contributed by atoms with E-state index in [1.807, 2.05) is 13.8 Å². The molecule has 0 radical (unpaired) electrons. The first-order chi connectivity index (χ1) is 8.99. The number of carboxylic acid groups (broad SMARTS) is 1. The van der Waals surface area contributed by atoms with Crippen LogP contribution in [0, 0.1) is 13.8 Å². The molecule has 5 nitrogen and oxygen atoms in total. The van der Waals surface area contributed by atoms with Gasteiger partial charge in [-0.15, -0.1) is 0 Å². The zero-order chi connectivity index (χ0) is 14.0. The standard InChI is InChI=1S/C13H14ClN3O2/c1-7-11(8(2)17-16-7)6-15-9-3-4-12(14)10(5-9)13(18)19/h3-5,15H,6H2,1-2H3,(H,16,17)(H,18,19). The highest BCUT2D eigenvalue weighted by Crippen LogP contribution is 2.21. The predicted molar refractivity (Wildman–Crippen MR) is 73.8 cm³/mol. The van der Waals surface area contributed by atoms with Gasteiger partial charge in [-0.1, -0.05) is 11.6 Å². The van der Waals surface area contributed by atoms with E-state index in [4.69, 9.17) is 16.7 Å². The lowest BCUT2D eigenvalue weighted by atomic mass is 10.1. The van der Waals surface area contributed by atoms with Crippen LogP contribution in [0.25, 0.3) is 0 Å². The van der Waals surface area contributed by atoms with E-state index in [1.165, 1.54) is 6.07 Å². The minimum Gasteiger partial charge on any atom is -0.478 e. The van der Waals surface area contributed by atoms with E-state index in [0.29, 0.717) is 12.2 Å². The van der Waals surface area contributed by atoms with Gasteiger partial charge in [-0.3, -0.25) is 5.10 Å². The Morgan fingerprint density at radius 2 is 2.21 bits per heavy atom. The Balaban J connectivity index is 2.16. The molecule has 0 amide bonds. The molecule has 0 atom stereocenters. The third-order valence-corrected chi connectivity index (χ3v) is 3.28. The highest BCUT2D eigenvalue weighted by Gasteiger charge is 2.10. The number of aromatic carboxylic acids is 1.